The Labute approximate surface area is 113 Å². The molecule has 108 valence electrons. The minimum Gasteiger partial charge on any atom is -0.381 e. The average Bonchev–Trinajstić information content (AvgIpc) is 2.87. The third-order valence-electron chi connectivity index (χ3n) is 4.02. The van der Waals surface area contributed by atoms with Crippen LogP contribution in [0.25, 0.3) is 0 Å². The molecule has 0 amide bonds. The number of rotatable bonds is 9. The molecule has 1 aliphatic heterocycles. The molecule has 0 bridgehead atoms. The summed E-state index contributed by atoms with van der Waals surface area (Å²) >= 11 is 0. The lowest BCUT2D eigenvalue weighted by Crippen LogP contribution is -2.46. The second-order valence-electron chi connectivity index (χ2n) is 5.92. The van der Waals surface area contributed by atoms with Gasteiger partial charge in [0.05, 0.1) is 6.61 Å². The van der Waals surface area contributed by atoms with Gasteiger partial charge in [-0.3, -0.25) is 0 Å². The first-order valence-electron chi connectivity index (χ1n) is 7.67. The van der Waals surface area contributed by atoms with Crippen molar-refractivity contribution in [3.63, 3.8) is 0 Å². The van der Waals surface area contributed by atoms with Crippen molar-refractivity contribution in [3.8, 4) is 0 Å². The van der Waals surface area contributed by atoms with Crippen LogP contribution >= 0.6 is 0 Å². The van der Waals surface area contributed by atoms with Crippen LogP contribution in [0.1, 0.15) is 40.0 Å². The van der Waals surface area contributed by atoms with E-state index in [4.69, 9.17) is 4.74 Å². The number of likely N-dealkylation sites (N-methyl/N-ethyl adjacent to an activating group) is 1. The molecule has 0 aromatic rings. The summed E-state index contributed by atoms with van der Waals surface area (Å²) in [6, 6.07) is 0.599. The predicted octanol–water partition coefficient (Wildman–Crippen LogP) is 2.37. The van der Waals surface area contributed by atoms with E-state index in [-0.39, 0.29) is 0 Å². The van der Waals surface area contributed by atoms with Gasteiger partial charge in [0.1, 0.15) is 0 Å². The third-order valence-corrected chi connectivity index (χ3v) is 4.02. The Morgan fingerprint density at radius 1 is 1.33 bits per heavy atom. The zero-order valence-corrected chi connectivity index (χ0v) is 12.7. The van der Waals surface area contributed by atoms with Gasteiger partial charge in [0.25, 0.3) is 0 Å². The summed E-state index contributed by atoms with van der Waals surface area (Å²) in [6.45, 7) is 12.2. The van der Waals surface area contributed by atoms with E-state index in [1.165, 1.54) is 25.8 Å². The van der Waals surface area contributed by atoms with Gasteiger partial charge in [-0.05, 0) is 32.4 Å². The monoisotopic (exact) mass is 256 g/mol. The fourth-order valence-electron chi connectivity index (χ4n) is 2.65. The van der Waals surface area contributed by atoms with Crippen LogP contribution in [0, 0.1) is 11.8 Å². The van der Waals surface area contributed by atoms with E-state index in [0.717, 1.165) is 32.2 Å². The van der Waals surface area contributed by atoms with Gasteiger partial charge in [-0.2, -0.15) is 0 Å². The zero-order valence-electron chi connectivity index (χ0n) is 12.7. The van der Waals surface area contributed by atoms with Crippen LogP contribution in [0.2, 0.25) is 0 Å². The number of nitrogens with zero attached hydrogens (tertiary/aromatic N) is 1. The Bertz CT molecular complexity index is 205. The largest absolute Gasteiger partial charge is 0.381 e. The predicted molar refractivity (Wildman–Crippen MR) is 78.0 cm³/mol. The Hall–Kier alpha value is -0.120. The van der Waals surface area contributed by atoms with Crippen LogP contribution in [-0.2, 0) is 4.74 Å². The van der Waals surface area contributed by atoms with Gasteiger partial charge in [-0.15, -0.1) is 0 Å². The fraction of sp³-hybridized carbons (Fsp3) is 1.00. The van der Waals surface area contributed by atoms with Crippen molar-refractivity contribution in [1.82, 2.24) is 10.2 Å². The van der Waals surface area contributed by atoms with E-state index in [2.05, 4.69) is 38.0 Å². The lowest BCUT2D eigenvalue weighted by molar-refractivity contribution is 0.163. The molecule has 3 unspecified atom stereocenters. The molecule has 18 heavy (non-hydrogen) atoms. The van der Waals surface area contributed by atoms with Gasteiger partial charge in [-0.1, -0.05) is 27.2 Å². The average molecular weight is 256 g/mol. The quantitative estimate of drug-likeness (QED) is 0.685. The summed E-state index contributed by atoms with van der Waals surface area (Å²) in [5.41, 5.74) is 0. The summed E-state index contributed by atoms with van der Waals surface area (Å²) in [7, 11) is 2.25. The smallest absolute Gasteiger partial charge is 0.0510 e. The molecule has 1 N–H and O–H groups in total. The summed E-state index contributed by atoms with van der Waals surface area (Å²) in [5.74, 6) is 1.50. The highest BCUT2D eigenvalue weighted by Gasteiger charge is 2.26. The second kappa shape index (κ2) is 8.89. The molecule has 1 rings (SSSR count). The van der Waals surface area contributed by atoms with E-state index in [0.29, 0.717) is 12.0 Å². The SMILES string of the molecule is CCCNC(CN(C)CC(C)CC)C1CCOC1. The Kier molecular flexibility index (Phi) is 7.87. The Balaban J connectivity index is 2.38. The summed E-state index contributed by atoms with van der Waals surface area (Å²) in [4.78, 5) is 2.49. The molecule has 1 aliphatic rings. The van der Waals surface area contributed by atoms with Crippen LogP contribution in [0.4, 0.5) is 0 Å². The van der Waals surface area contributed by atoms with Crippen molar-refractivity contribution in [2.24, 2.45) is 11.8 Å². The number of nitrogens with one attached hydrogen (secondary N) is 1. The fourth-order valence-corrected chi connectivity index (χ4v) is 2.65. The maximum Gasteiger partial charge on any atom is 0.0510 e. The van der Waals surface area contributed by atoms with Gasteiger partial charge in [0.2, 0.25) is 0 Å². The molecule has 0 spiro atoms. The molecular formula is C15H32N2O. The first-order chi connectivity index (χ1) is 8.67. The second-order valence-corrected chi connectivity index (χ2v) is 5.92. The molecule has 1 saturated heterocycles. The maximum absolute atomic E-state index is 5.54. The highest BCUT2D eigenvalue weighted by Crippen LogP contribution is 2.18. The van der Waals surface area contributed by atoms with E-state index in [1.807, 2.05) is 0 Å². The lowest BCUT2D eigenvalue weighted by atomic mass is 9.98. The van der Waals surface area contributed by atoms with Crippen LogP contribution in [-0.4, -0.2) is 50.8 Å². The Morgan fingerprint density at radius 3 is 2.67 bits per heavy atom. The van der Waals surface area contributed by atoms with E-state index >= 15 is 0 Å². The van der Waals surface area contributed by atoms with Gasteiger partial charge in [0.15, 0.2) is 0 Å². The van der Waals surface area contributed by atoms with E-state index in [9.17, 15) is 0 Å². The summed E-state index contributed by atoms with van der Waals surface area (Å²) in [6.07, 6.45) is 3.70. The minimum atomic E-state index is 0.599. The highest BCUT2D eigenvalue weighted by molar-refractivity contribution is 4.82. The van der Waals surface area contributed by atoms with Crippen molar-refractivity contribution < 1.29 is 4.74 Å². The molecule has 3 nitrogen and oxygen atoms in total. The zero-order chi connectivity index (χ0) is 13.4. The first kappa shape index (κ1) is 15.9. The van der Waals surface area contributed by atoms with Crippen molar-refractivity contribution >= 4 is 0 Å². The maximum atomic E-state index is 5.54. The molecule has 3 atom stereocenters. The molecule has 3 heteroatoms. The lowest BCUT2D eigenvalue weighted by Gasteiger charge is -2.30. The molecule has 0 aromatic carbocycles. The van der Waals surface area contributed by atoms with Crippen molar-refractivity contribution in [1.29, 1.82) is 0 Å². The van der Waals surface area contributed by atoms with Gasteiger partial charge in [0, 0.05) is 31.7 Å². The first-order valence-corrected chi connectivity index (χ1v) is 7.67. The van der Waals surface area contributed by atoms with Gasteiger partial charge < -0.3 is 15.0 Å². The molecule has 0 saturated carbocycles. The van der Waals surface area contributed by atoms with Crippen LogP contribution in [0.15, 0.2) is 0 Å². The van der Waals surface area contributed by atoms with Gasteiger partial charge >= 0.3 is 0 Å². The molecular weight excluding hydrogens is 224 g/mol. The molecule has 0 radical (unpaired) electrons. The third kappa shape index (κ3) is 5.68. The standard InChI is InChI=1S/C15H32N2O/c1-5-8-16-15(14-7-9-18-12-14)11-17(4)10-13(3)6-2/h13-16H,5-12H2,1-4H3. The molecule has 1 fully saturated rings. The molecule has 1 heterocycles. The van der Waals surface area contributed by atoms with Crippen molar-refractivity contribution in [3.05, 3.63) is 0 Å². The van der Waals surface area contributed by atoms with Gasteiger partial charge in [-0.25, -0.2) is 0 Å². The Morgan fingerprint density at radius 2 is 2.11 bits per heavy atom. The number of hydrogen-bond donors (Lipinski definition) is 1. The minimum absolute atomic E-state index is 0.599. The van der Waals surface area contributed by atoms with Crippen LogP contribution < -0.4 is 5.32 Å². The topological polar surface area (TPSA) is 24.5 Å². The van der Waals surface area contributed by atoms with E-state index < -0.39 is 0 Å². The van der Waals surface area contributed by atoms with Crippen LogP contribution in [0.5, 0.6) is 0 Å². The van der Waals surface area contributed by atoms with Crippen LogP contribution in [0.3, 0.4) is 0 Å². The van der Waals surface area contributed by atoms with Crippen molar-refractivity contribution in [2.45, 2.75) is 46.1 Å². The molecule has 0 aliphatic carbocycles. The summed E-state index contributed by atoms with van der Waals surface area (Å²) in [5, 5.41) is 3.71. The highest BCUT2D eigenvalue weighted by atomic mass is 16.5. The van der Waals surface area contributed by atoms with E-state index in [1.54, 1.807) is 0 Å². The molecule has 0 aromatic heterocycles. The number of hydrogen-bond acceptors (Lipinski definition) is 3. The van der Waals surface area contributed by atoms with Crippen molar-refractivity contribution in [2.75, 3.05) is 39.9 Å². The summed E-state index contributed by atoms with van der Waals surface area (Å²) < 4.78 is 5.54. The normalized spacial score (nSPS) is 23.5. The number of ether oxygens (including phenoxy) is 1.